The van der Waals surface area contributed by atoms with Crippen LogP contribution >= 0.6 is 11.3 Å². The number of carbonyl (C=O) groups is 3. The van der Waals surface area contributed by atoms with Gasteiger partial charge in [-0.1, -0.05) is 12.8 Å². The molecule has 1 aromatic heterocycles. The van der Waals surface area contributed by atoms with E-state index in [4.69, 9.17) is 10.5 Å². The van der Waals surface area contributed by atoms with Crippen molar-refractivity contribution in [3.8, 4) is 0 Å². The van der Waals surface area contributed by atoms with Crippen molar-refractivity contribution in [1.29, 1.82) is 0 Å². The Hall–Kier alpha value is -1.93. The smallest absolute Gasteiger partial charge is 0.341 e. The van der Waals surface area contributed by atoms with E-state index in [1.807, 2.05) is 0 Å². The minimum atomic E-state index is -0.626. The Balaban J connectivity index is 2.18. The maximum Gasteiger partial charge on any atom is 0.341 e. The Bertz CT molecular complexity index is 676. The average molecular weight is 381 g/mol. The predicted octanol–water partition coefficient (Wildman–Crippen LogP) is 2.54. The van der Waals surface area contributed by atoms with Gasteiger partial charge < -0.3 is 15.8 Å². The molecule has 2 heterocycles. The molecule has 0 radical (unpaired) electrons. The molecule has 3 N–H and O–H groups in total. The number of nitrogens with one attached hydrogen (secondary N) is 1. The Morgan fingerprint density at radius 3 is 2.35 bits per heavy atom. The number of amides is 2. The second-order valence-electron chi connectivity index (χ2n) is 6.82. The molecule has 2 amide bonds. The summed E-state index contributed by atoms with van der Waals surface area (Å²) < 4.78 is 5.25. The molecule has 0 atom stereocenters. The van der Waals surface area contributed by atoms with Crippen LogP contribution in [0.3, 0.4) is 0 Å². The zero-order valence-electron chi connectivity index (χ0n) is 15.6. The Labute approximate surface area is 157 Å². The number of likely N-dealkylation sites (tertiary alicyclic amines) is 1. The van der Waals surface area contributed by atoms with Gasteiger partial charge in [-0.2, -0.15) is 0 Å². The van der Waals surface area contributed by atoms with Crippen molar-refractivity contribution in [3.05, 3.63) is 16.0 Å². The summed E-state index contributed by atoms with van der Waals surface area (Å²) in [5, 5.41) is 3.10. The lowest BCUT2D eigenvalue weighted by Crippen LogP contribution is -2.34. The highest BCUT2D eigenvalue weighted by Crippen LogP contribution is 2.33. The van der Waals surface area contributed by atoms with Crippen molar-refractivity contribution in [1.82, 2.24) is 4.90 Å². The zero-order chi connectivity index (χ0) is 19.3. The molecule has 1 aliphatic rings. The van der Waals surface area contributed by atoms with Crippen molar-refractivity contribution >= 4 is 34.1 Å². The lowest BCUT2D eigenvalue weighted by atomic mass is 10.1. The van der Waals surface area contributed by atoms with Crippen LogP contribution in [0.4, 0.5) is 5.00 Å². The van der Waals surface area contributed by atoms with E-state index in [1.165, 1.54) is 12.8 Å². The van der Waals surface area contributed by atoms with E-state index in [1.54, 1.807) is 20.8 Å². The van der Waals surface area contributed by atoms with Crippen molar-refractivity contribution in [2.75, 3.05) is 25.0 Å². The SMILES string of the molecule is Cc1c(C(N)=O)sc(NC(=O)CN2CCCCCC2)c1C(=O)OC(C)C. The molecular weight excluding hydrogens is 354 g/mol. The zero-order valence-corrected chi connectivity index (χ0v) is 16.4. The first kappa shape index (κ1) is 20.4. The van der Waals surface area contributed by atoms with Crippen molar-refractivity contribution in [2.45, 2.75) is 52.6 Å². The molecule has 0 unspecified atom stereocenters. The fourth-order valence-corrected chi connectivity index (χ4v) is 4.08. The molecule has 1 aromatic rings. The first-order chi connectivity index (χ1) is 12.3. The number of ether oxygens (including phenoxy) is 1. The summed E-state index contributed by atoms with van der Waals surface area (Å²) in [4.78, 5) is 38.9. The summed E-state index contributed by atoms with van der Waals surface area (Å²) in [5.41, 5.74) is 6.05. The molecule has 0 bridgehead atoms. The number of thiophene rings is 1. The van der Waals surface area contributed by atoms with E-state index in [2.05, 4.69) is 10.2 Å². The van der Waals surface area contributed by atoms with Gasteiger partial charge in [0.15, 0.2) is 0 Å². The van der Waals surface area contributed by atoms with Crippen molar-refractivity contribution in [3.63, 3.8) is 0 Å². The number of rotatable bonds is 6. The first-order valence-corrected chi connectivity index (χ1v) is 9.77. The summed E-state index contributed by atoms with van der Waals surface area (Å²) in [5.74, 6) is -1.40. The lowest BCUT2D eigenvalue weighted by molar-refractivity contribution is -0.117. The summed E-state index contributed by atoms with van der Waals surface area (Å²) in [6.45, 7) is 7.18. The number of nitrogens with zero attached hydrogens (tertiary/aromatic N) is 1. The summed E-state index contributed by atoms with van der Waals surface area (Å²) in [6, 6.07) is 0. The molecule has 0 spiro atoms. The lowest BCUT2D eigenvalue weighted by Gasteiger charge is -2.19. The standard InChI is InChI=1S/C18H27N3O4S/c1-11(2)25-18(24)14-12(3)15(16(19)23)26-17(14)20-13(22)10-21-8-6-4-5-7-9-21/h11H,4-10H2,1-3H3,(H2,19,23)(H,20,22). The van der Waals surface area contributed by atoms with E-state index in [0.29, 0.717) is 10.6 Å². The molecule has 1 fully saturated rings. The van der Waals surface area contributed by atoms with Crippen LogP contribution in [0, 0.1) is 6.92 Å². The fraction of sp³-hybridized carbons (Fsp3) is 0.611. The quantitative estimate of drug-likeness (QED) is 0.737. The van der Waals surface area contributed by atoms with Crippen LogP contribution in [0.1, 0.15) is 65.1 Å². The molecule has 7 nitrogen and oxygen atoms in total. The van der Waals surface area contributed by atoms with Gasteiger partial charge in [-0.3, -0.25) is 14.5 Å². The van der Waals surface area contributed by atoms with E-state index in [-0.39, 0.29) is 29.0 Å². The number of anilines is 1. The van der Waals surface area contributed by atoms with Crippen LogP contribution in [0.25, 0.3) is 0 Å². The molecule has 0 aromatic carbocycles. The molecule has 0 saturated carbocycles. The number of hydrogen-bond donors (Lipinski definition) is 2. The minimum Gasteiger partial charge on any atom is -0.459 e. The maximum absolute atomic E-state index is 12.5. The molecule has 0 aliphatic carbocycles. The first-order valence-electron chi connectivity index (χ1n) is 8.96. The molecule has 1 saturated heterocycles. The van der Waals surface area contributed by atoms with Gasteiger partial charge in [0.2, 0.25) is 5.91 Å². The molecule has 1 aliphatic heterocycles. The van der Waals surface area contributed by atoms with Gasteiger partial charge >= 0.3 is 5.97 Å². The highest BCUT2D eigenvalue weighted by molar-refractivity contribution is 7.18. The highest BCUT2D eigenvalue weighted by Gasteiger charge is 2.26. The Kier molecular flexibility index (Phi) is 7.16. The average Bonchev–Trinajstić information content (AvgIpc) is 2.70. The second-order valence-corrected chi connectivity index (χ2v) is 7.84. The van der Waals surface area contributed by atoms with E-state index < -0.39 is 11.9 Å². The second kappa shape index (κ2) is 9.14. The molecule has 26 heavy (non-hydrogen) atoms. The summed E-state index contributed by atoms with van der Waals surface area (Å²) in [7, 11) is 0. The predicted molar refractivity (Wildman–Crippen MR) is 102 cm³/mol. The largest absolute Gasteiger partial charge is 0.459 e. The third-order valence-electron chi connectivity index (χ3n) is 4.24. The number of nitrogens with two attached hydrogens (primary N) is 1. The van der Waals surface area contributed by atoms with Gasteiger partial charge in [0, 0.05) is 0 Å². The van der Waals surface area contributed by atoms with Gasteiger partial charge in [0.05, 0.1) is 23.1 Å². The Morgan fingerprint density at radius 1 is 1.19 bits per heavy atom. The van der Waals surface area contributed by atoms with Crippen LogP contribution in [0.2, 0.25) is 0 Å². The fourth-order valence-electron chi connectivity index (χ4n) is 3.02. The van der Waals surface area contributed by atoms with E-state index >= 15 is 0 Å². The minimum absolute atomic E-state index is 0.206. The summed E-state index contributed by atoms with van der Waals surface area (Å²) >= 11 is 1.02. The van der Waals surface area contributed by atoms with Crippen molar-refractivity contribution < 1.29 is 19.1 Å². The topological polar surface area (TPSA) is 102 Å². The maximum atomic E-state index is 12.5. The summed E-state index contributed by atoms with van der Waals surface area (Å²) in [6.07, 6.45) is 4.25. The number of esters is 1. The number of primary amides is 1. The molecule has 8 heteroatoms. The van der Waals surface area contributed by atoms with Gasteiger partial charge in [0.1, 0.15) is 5.00 Å². The Morgan fingerprint density at radius 2 is 1.81 bits per heavy atom. The van der Waals surface area contributed by atoms with Crippen LogP contribution in [0.15, 0.2) is 0 Å². The monoisotopic (exact) mass is 381 g/mol. The van der Waals surface area contributed by atoms with Crippen LogP contribution in [-0.2, 0) is 9.53 Å². The van der Waals surface area contributed by atoms with Gasteiger partial charge in [0.25, 0.3) is 5.91 Å². The third-order valence-corrected chi connectivity index (χ3v) is 5.46. The highest BCUT2D eigenvalue weighted by atomic mass is 32.1. The van der Waals surface area contributed by atoms with Gasteiger partial charge in [-0.05, 0) is 52.3 Å². The molecular formula is C18H27N3O4S. The molecule has 2 rings (SSSR count). The van der Waals surface area contributed by atoms with E-state index in [0.717, 1.165) is 37.3 Å². The van der Waals surface area contributed by atoms with Crippen LogP contribution in [-0.4, -0.2) is 48.4 Å². The van der Waals surface area contributed by atoms with Gasteiger partial charge in [-0.25, -0.2) is 4.79 Å². The normalized spacial score (nSPS) is 15.5. The number of hydrogen-bond acceptors (Lipinski definition) is 6. The van der Waals surface area contributed by atoms with E-state index in [9.17, 15) is 14.4 Å². The van der Waals surface area contributed by atoms with Crippen LogP contribution in [0.5, 0.6) is 0 Å². The molecule has 144 valence electrons. The van der Waals surface area contributed by atoms with Crippen molar-refractivity contribution in [2.24, 2.45) is 5.73 Å². The van der Waals surface area contributed by atoms with Crippen LogP contribution < -0.4 is 11.1 Å². The number of carbonyl (C=O) groups excluding carboxylic acids is 3. The van der Waals surface area contributed by atoms with Gasteiger partial charge in [-0.15, -0.1) is 11.3 Å². The third kappa shape index (κ3) is 5.28.